The van der Waals surface area contributed by atoms with Gasteiger partial charge in [-0.25, -0.2) is 0 Å². The average molecular weight is 220 g/mol. The molecule has 0 fully saturated rings. The highest BCUT2D eigenvalue weighted by molar-refractivity contribution is 6.03. The lowest BCUT2D eigenvalue weighted by atomic mass is 10.1. The number of nitrogens with one attached hydrogen (secondary N) is 2. The summed E-state index contributed by atoms with van der Waals surface area (Å²) in [4.78, 5) is 22.1. The zero-order valence-electron chi connectivity index (χ0n) is 8.02. The summed E-state index contributed by atoms with van der Waals surface area (Å²) in [5.41, 5.74) is 11.1. The fourth-order valence-electron chi connectivity index (χ4n) is 1.37. The van der Waals surface area contributed by atoms with Gasteiger partial charge in [0, 0.05) is 23.5 Å². The van der Waals surface area contributed by atoms with E-state index in [4.69, 9.17) is 11.5 Å². The van der Waals surface area contributed by atoms with Crippen LogP contribution in [-0.2, 0) is 0 Å². The number of H-pyrrole nitrogens is 2. The molecular formula is C8H8N6O2. The highest BCUT2D eigenvalue weighted by Gasteiger charge is 2.19. The van der Waals surface area contributed by atoms with E-state index in [2.05, 4.69) is 20.4 Å². The number of amides is 2. The van der Waals surface area contributed by atoms with Crippen LogP contribution in [-0.4, -0.2) is 32.2 Å². The third-order valence-electron chi connectivity index (χ3n) is 2.04. The van der Waals surface area contributed by atoms with Gasteiger partial charge in [0.05, 0.1) is 0 Å². The van der Waals surface area contributed by atoms with Crippen molar-refractivity contribution in [1.29, 1.82) is 0 Å². The zero-order chi connectivity index (χ0) is 11.7. The van der Waals surface area contributed by atoms with Gasteiger partial charge in [0.15, 0.2) is 11.4 Å². The molecule has 0 aliphatic heterocycles. The summed E-state index contributed by atoms with van der Waals surface area (Å²) >= 11 is 0. The number of hydrogen-bond donors (Lipinski definition) is 4. The number of rotatable bonds is 3. The van der Waals surface area contributed by atoms with Gasteiger partial charge in [-0.1, -0.05) is 0 Å². The second-order valence-corrected chi connectivity index (χ2v) is 3.02. The van der Waals surface area contributed by atoms with Crippen LogP contribution < -0.4 is 11.5 Å². The molecule has 82 valence electrons. The lowest BCUT2D eigenvalue weighted by molar-refractivity contribution is 0.0986. The first-order valence-electron chi connectivity index (χ1n) is 4.28. The van der Waals surface area contributed by atoms with Crippen LogP contribution in [0.3, 0.4) is 0 Å². The molecule has 0 bridgehead atoms. The molecule has 2 rings (SSSR count). The quantitative estimate of drug-likeness (QED) is 0.525. The van der Waals surface area contributed by atoms with E-state index in [1.54, 1.807) is 0 Å². The fourth-order valence-corrected chi connectivity index (χ4v) is 1.37. The molecule has 0 unspecified atom stereocenters. The Hall–Kier alpha value is -2.64. The van der Waals surface area contributed by atoms with E-state index in [1.807, 2.05) is 0 Å². The summed E-state index contributed by atoms with van der Waals surface area (Å²) in [6.45, 7) is 0. The molecule has 6 N–H and O–H groups in total. The number of hydrogen-bond acceptors (Lipinski definition) is 4. The van der Waals surface area contributed by atoms with Gasteiger partial charge < -0.3 is 11.5 Å². The number of nitrogens with zero attached hydrogens (tertiary/aromatic N) is 2. The smallest absolute Gasteiger partial charge is 0.269 e. The van der Waals surface area contributed by atoms with Crippen LogP contribution in [0, 0.1) is 0 Å². The molecule has 0 saturated carbocycles. The van der Waals surface area contributed by atoms with Crippen molar-refractivity contribution in [2.24, 2.45) is 11.5 Å². The van der Waals surface area contributed by atoms with Crippen LogP contribution in [0.5, 0.6) is 0 Å². The van der Waals surface area contributed by atoms with Crippen molar-refractivity contribution in [2.75, 3.05) is 0 Å². The van der Waals surface area contributed by atoms with Crippen LogP contribution in [0.25, 0.3) is 11.1 Å². The lowest BCUT2D eigenvalue weighted by Gasteiger charge is -1.97. The third kappa shape index (κ3) is 1.41. The second kappa shape index (κ2) is 3.50. The summed E-state index contributed by atoms with van der Waals surface area (Å²) in [5.74, 6) is -1.40. The monoisotopic (exact) mass is 220 g/mol. The highest BCUT2D eigenvalue weighted by atomic mass is 16.1. The van der Waals surface area contributed by atoms with Crippen molar-refractivity contribution in [1.82, 2.24) is 20.4 Å². The summed E-state index contributed by atoms with van der Waals surface area (Å²) in [5, 5.41) is 12.3. The van der Waals surface area contributed by atoms with Gasteiger partial charge >= 0.3 is 0 Å². The van der Waals surface area contributed by atoms with E-state index in [-0.39, 0.29) is 11.4 Å². The van der Waals surface area contributed by atoms with Gasteiger partial charge in [-0.15, -0.1) is 0 Å². The molecule has 8 nitrogen and oxygen atoms in total. The summed E-state index contributed by atoms with van der Waals surface area (Å²) < 4.78 is 0. The number of carbonyl (C=O) groups excluding carboxylic acids is 2. The molecule has 0 radical (unpaired) electrons. The zero-order valence-corrected chi connectivity index (χ0v) is 8.02. The molecule has 16 heavy (non-hydrogen) atoms. The Bertz CT molecular complexity index is 504. The van der Waals surface area contributed by atoms with Crippen LogP contribution in [0.4, 0.5) is 0 Å². The Labute approximate surface area is 89.0 Å². The Morgan fingerprint density at radius 3 is 1.62 bits per heavy atom. The van der Waals surface area contributed by atoms with Gasteiger partial charge in [0.1, 0.15) is 0 Å². The standard InChI is InChI=1S/C8H8N6O2/c9-7(15)5-3(1-11-13-5)4-2-12-14-6(4)8(10)16/h1-2H,(H2,9,15)(H2,10,16)(H,11,13)(H,12,14). The molecule has 0 spiro atoms. The first kappa shape index (κ1) is 9.90. The minimum absolute atomic E-state index is 0.0314. The first-order chi connectivity index (χ1) is 7.61. The highest BCUT2D eigenvalue weighted by Crippen LogP contribution is 2.23. The van der Waals surface area contributed by atoms with Crippen LogP contribution >= 0.6 is 0 Å². The van der Waals surface area contributed by atoms with Crippen molar-refractivity contribution in [3.8, 4) is 11.1 Å². The largest absolute Gasteiger partial charge is 0.364 e. The maximum absolute atomic E-state index is 11.1. The van der Waals surface area contributed by atoms with E-state index in [0.717, 1.165) is 0 Å². The Kier molecular flexibility index (Phi) is 2.16. The van der Waals surface area contributed by atoms with E-state index < -0.39 is 11.8 Å². The molecule has 2 amide bonds. The number of aromatic amines is 2. The van der Waals surface area contributed by atoms with E-state index in [9.17, 15) is 9.59 Å². The fraction of sp³-hybridized carbons (Fsp3) is 0. The molecule has 0 atom stereocenters. The van der Waals surface area contributed by atoms with Gasteiger partial charge in [-0.3, -0.25) is 19.8 Å². The number of primary amides is 2. The molecular weight excluding hydrogens is 212 g/mol. The minimum Gasteiger partial charge on any atom is -0.364 e. The van der Waals surface area contributed by atoms with Crippen molar-refractivity contribution in [3.63, 3.8) is 0 Å². The average Bonchev–Trinajstić information content (AvgIpc) is 2.85. The molecule has 8 heteroatoms. The maximum atomic E-state index is 11.1. The SMILES string of the molecule is NC(=O)c1n[nH]cc1-c1c[nH]nc1C(N)=O. The van der Waals surface area contributed by atoms with Gasteiger partial charge in [0.25, 0.3) is 11.8 Å². The van der Waals surface area contributed by atoms with Crippen molar-refractivity contribution in [3.05, 3.63) is 23.8 Å². The number of carbonyl (C=O) groups is 2. The molecule has 0 saturated heterocycles. The van der Waals surface area contributed by atoms with Gasteiger partial charge in [-0.05, 0) is 0 Å². The predicted molar refractivity (Wildman–Crippen MR) is 53.2 cm³/mol. The second-order valence-electron chi connectivity index (χ2n) is 3.02. The molecule has 2 aromatic heterocycles. The minimum atomic E-state index is -0.701. The van der Waals surface area contributed by atoms with Gasteiger partial charge in [-0.2, -0.15) is 10.2 Å². The first-order valence-corrected chi connectivity index (χ1v) is 4.28. The summed E-state index contributed by atoms with van der Waals surface area (Å²) in [6.07, 6.45) is 2.88. The molecule has 2 heterocycles. The Balaban J connectivity index is 2.59. The predicted octanol–water partition coefficient (Wildman–Crippen LogP) is -1.00. The lowest BCUT2D eigenvalue weighted by Crippen LogP contribution is -2.15. The summed E-state index contributed by atoms with van der Waals surface area (Å²) in [7, 11) is 0. The number of nitrogens with two attached hydrogens (primary N) is 2. The Morgan fingerprint density at radius 1 is 0.938 bits per heavy atom. The van der Waals surface area contributed by atoms with Crippen molar-refractivity contribution < 1.29 is 9.59 Å². The molecule has 0 aliphatic carbocycles. The normalized spacial score (nSPS) is 10.2. The summed E-state index contributed by atoms with van der Waals surface area (Å²) in [6, 6.07) is 0. The van der Waals surface area contributed by atoms with Crippen LogP contribution in [0.1, 0.15) is 21.0 Å². The third-order valence-corrected chi connectivity index (χ3v) is 2.04. The van der Waals surface area contributed by atoms with Crippen molar-refractivity contribution in [2.45, 2.75) is 0 Å². The van der Waals surface area contributed by atoms with Gasteiger partial charge in [0.2, 0.25) is 0 Å². The van der Waals surface area contributed by atoms with E-state index >= 15 is 0 Å². The molecule has 2 aromatic rings. The van der Waals surface area contributed by atoms with E-state index in [0.29, 0.717) is 11.1 Å². The topological polar surface area (TPSA) is 144 Å². The van der Waals surface area contributed by atoms with Crippen LogP contribution in [0.2, 0.25) is 0 Å². The number of aromatic nitrogens is 4. The molecule has 0 aliphatic rings. The Morgan fingerprint density at radius 2 is 1.31 bits per heavy atom. The maximum Gasteiger partial charge on any atom is 0.269 e. The van der Waals surface area contributed by atoms with Crippen molar-refractivity contribution >= 4 is 11.8 Å². The van der Waals surface area contributed by atoms with Crippen LogP contribution in [0.15, 0.2) is 12.4 Å². The van der Waals surface area contributed by atoms with E-state index in [1.165, 1.54) is 12.4 Å². The molecule has 0 aromatic carbocycles.